The van der Waals surface area contributed by atoms with Gasteiger partial charge in [-0.3, -0.25) is 24.4 Å². The number of hydrogen-bond acceptors (Lipinski definition) is 5. The molecule has 5 nitrogen and oxygen atoms in total. The highest BCUT2D eigenvalue weighted by Gasteiger charge is 2.58. The number of piperazine rings is 1. The monoisotopic (exact) mass is 447 g/mol. The lowest BCUT2D eigenvalue weighted by atomic mass is 9.82. The van der Waals surface area contributed by atoms with Crippen LogP contribution in [0, 0.1) is 0 Å². The van der Waals surface area contributed by atoms with Gasteiger partial charge >= 0.3 is 0 Å². The van der Waals surface area contributed by atoms with E-state index in [-0.39, 0.29) is 11.6 Å². The Labute approximate surface area is 198 Å². The van der Waals surface area contributed by atoms with Gasteiger partial charge in [0.15, 0.2) is 17.1 Å². The summed E-state index contributed by atoms with van der Waals surface area (Å²) in [4.78, 5) is 36.8. The van der Waals surface area contributed by atoms with Gasteiger partial charge in [0.25, 0.3) is 0 Å². The van der Waals surface area contributed by atoms with Gasteiger partial charge in [-0.05, 0) is 17.2 Å². The first-order valence-corrected chi connectivity index (χ1v) is 11.7. The number of fused-ring (bicyclic) bond motifs is 2. The second-order valence-electron chi connectivity index (χ2n) is 9.04. The van der Waals surface area contributed by atoms with Gasteiger partial charge in [-0.25, -0.2) is 0 Å². The third-order valence-electron chi connectivity index (χ3n) is 7.22. The minimum Gasteiger partial charge on any atom is -0.296 e. The fourth-order valence-corrected chi connectivity index (χ4v) is 5.56. The fourth-order valence-electron chi connectivity index (χ4n) is 5.56. The lowest BCUT2D eigenvalue weighted by Crippen LogP contribution is -2.60. The highest BCUT2D eigenvalue weighted by molar-refractivity contribution is 6.32. The Morgan fingerprint density at radius 3 is 2.06 bits per heavy atom. The van der Waals surface area contributed by atoms with Crippen LogP contribution in [0.5, 0.6) is 0 Å². The Morgan fingerprint density at radius 1 is 0.706 bits per heavy atom. The van der Waals surface area contributed by atoms with Crippen molar-refractivity contribution in [1.29, 1.82) is 0 Å². The predicted molar refractivity (Wildman–Crippen MR) is 132 cm³/mol. The molecule has 34 heavy (non-hydrogen) atoms. The molecule has 168 valence electrons. The summed E-state index contributed by atoms with van der Waals surface area (Å²) in [6, 6.07) is 27.1. The van der Waals surface area contributed by atoms with Gasteiger partial charge < -0.3 is 0 Å². The van der Waals surface area contributed by atoms with Crippen LogP contribution >= 0.6 is 0 Å². The topological polar surface area (TPSA) is 53.5 Å². The van der Waals surface area contributed by atoms with E-state index in [4.69, 9.17) is 0 Å². The van der Waals surface area contributed by atoms with Crippen LogP contribution in [-0.4, -0.2) is 52.5 Å². The second kappa shape index (κ2) is 8.28. The van der Waals surface area contributed by atoms with E-state index < -0.39 is 5.54 Å². The van der Waals surface area contributed by atoms with E-state index in [1.54, 1.807) is 12.1 Å². The summed E-state index contributed by atoms with van der Waals surface area (Å²) in [7, 11) is 0. The molecular weight excluding hydrogens is 422 g/mol. The molecule has 1 saturated heterocycles. The second-order valence-corrected chi connectivity index (χ2v) is 9.04. The van der Waals surface area contributed by atoms with Gasteiger partial charge in [0.05, 0.1) is 5.52 Å². The number of carbonyl (C=O) groups is 2. The first-order chi connectivity index (χ1) is 16.7. The third kappa shape index (κ3) is 3.12. The Hall–Kier alpha value is -3.67. The molecule has 0 radical (unpaired) electrons. The van der Waals surface area contributed by atoms with E-state index in [1.807, 2.05) is 54.7 Å². The van der Waals surface area contributed by atoms with Crippen molar-refractivity contribution in [2.24, 2.45) is 0 Å². The van der Waals surface area contributed by atoms with Gasteiger partial charge in [-0.15, -0.1) is 0 Å². The van der Waals surface area contributed by atoms with E-state index in [2.05, 4.69) is 39.0 Å². The van der Waals surface area contributed by atoms with Crippen LogP contribution in [0.2, 0.25) is 0 Å². The molecule has 2 heterocycles. The standard InChI is InChI=1S/C29H25N3O2/c33-27-24-13-4-5-14-25(24)28(34)29(27,23-11-2-1-3-12-23)32-18-16-31(17-19-32)20-22-9-6-8-21-10-7-15-30-26(21)22/h1-15H,16-20H2. The Kier molecular flexibility index (Phi) is 5.09. The highest BCUT2D eigenvalue weighted by Crippen LogP contribution is 2.43. The maximum atomic E-state index is 13.9. The molecule has 1 aliphatic heterocycles. The molecule has 1 fully saturated rings. The Bertz CT molecular complexity index is 1350. The van der Waals surface area contributed by atoms with Gasteiger partial charge in [0.2, 0.25) is 0 Å². The number of para-hydroxylation sites is 1. The number of pyridine rings is 1. The number of benzene rings is 3. The van der Waals surface area contributed by atoms with Crippen molar-refractivity contribution < 1.29 is 9.59 Å². The molecule has 0 amide bonds. The van der Waals surface area contributed by atoms with E-state index in [9.17, 15) is 9.59 Å². The van der Waals surface area contributed by atoms with E-state index in [0.717, 1.165) is 36.1 Å². The molecule has 5 heteroatoms. The lowest BCUT2D eigenvalue weighted by molar-refractivity contribution is 0.0280. The van der Waals surface area contributed by atoms with Crippen LogP contribution in [-0.2, 0) is 12.1 Å². The third-order valence-corrected chi connectivity index (χ3v) is 7.22. The molecule has 1 aromatic heterocycles. The first-order valence-electron chi connectivity index (χ1n) is 11.7. The summed E-state index contributed by atoms with van der Waals surface area (Å²) >= 11 is 0. The van der Waals surface area contributed by atoms with E-state index in [1.165, 1.54) is 5.56 Å². The van der Waals surface area contributed by atoms with Crippen molar-refractivity contribution in [3.05, 3.63) is 113 Å². The zero-order valence-corrected chi connectivity index (χ0v) is 18.9. The van der Waals surface area contributed by atoms with Crippen molar-refractivity contribution in [2.75, 3.05) is 26.2 Å². The predicted octanol–water partition coefficient (Wildman–Crippen LogP) is 4.33. The number of rotatable bonds is 4. The van der Waals surface area contributed by atoms with Crippen molar-refractivity contribution in [2.45, 2.75) is 12.1 Å². The summed E-state index contributed by atoms with van der Waals surface area (Å²) in [5, 5.41) is 1.14. The minimum absolute atomic E-state index is 0.106. The molecule has 0 saturated carbocycles. The molecule has 0 atom stereocenters. The van der Waals surface area contributed by atoms with Crippen LogP contribution < -0.4 is 0 Å². The summed E-state index contributed by atoms with van der Waals surface area (Å²) in [6.45, 7) is 3.61. The molecule has 0 spiro atoms. The average molecular weight is 448 g/mol. The quantitative estimate of drug-likeness (QED) is 0.436. The van der Waals surface area contributed by atoms with Gasteiger partial charge in [0, 0.05) is 55.4 Å². The summed E-state index contributed by atoms with van der Waals surface area (Å²) < 4.78 is 0. The molecule has 3 aromatic carbocycles. The number of Topliss-reactive ketones (excluding diaryl/α,β-unsaturated/α-hetero) is 2. The van der Waals surface area contributed by atoms with Crippen LogP contribution in [0.4, 0.5) is 0 Å². The molecule has 0 N–H and O–H groups in total. The molecule has 2 aliphatic rings. The maximum Gasteiger partial charge on any atom is 0.196 e. The largest absolute Gasteiger partial charge is 0.296 e. The summed E-state index contributed by atoms with van der Waals surface area (Å²) in [5.74, 6) is -0.211. The molecule has 6 rings (SSSR count). The molecule has 1 aliphatic carbocycles. The van der Waals surface area contributed by atoms with E-state index >= 15 is 0 Å². The van der Waals surface area contributed by atoms with Crippen molar-refractivity contribution in [3.8, 4) is 0 Å². The number of aromatic nitrogens is 1. The molecule has 0 bridgehead atoms. The van der Waals surface area contributed by atoms with Gasteiger partial charge in [-0.2, -0.15) is 0 Å². The Balaban J connectivity index is 1.30. The number of hydrogen-bond donors (Lipinski definition) is 0. The van der Waals surface area contributed by atoms with Gasteiger partial charge in [-0.1, -0.05) is 78.9 Å². The normalized spacial score (nSPS) is 18.4. The Morgan fingerprint density at radius 2 is 1.35 bits per heavy atom. The average Bonchev–Trinajstić information content (AvgIpc) is 3.13. The van der Waals surface area contributed by atoms with E-state index in [0.29, 0.717) is 24.2 Å². The zero-order chi connectivity index (χ0) is 23.1. The first kappa shape index (κ1) is 20.9. The van der Waals surface area contributed by atoms with Crippen LogP contribution in [0.25, 0.3) is 10.9 Å². The van der Waals surface area contributed by atoms with Crippen LogP contribution in [0.1, 0.15) is 31.8 Å². The van der Waals surface area contributed by atoms with Crippen molar-refractivity contribution in [1.82, 2.24) is 14.8 Å². The number of carbonyl (C=O) groups excluding carboxylic acids is 2. The zero-order valence-electron chi connectivity index (χ0n) is 18.9. The van der Waals surface area contributed by atoms with Crippen LogP contribution in [0.3, 0.4) is 0 Å². The van der Waals surface area contributed by atoms with Gasteiger partial charge in [0.1, 0.15) is 0 Å². The fraction of sp³-hybridized carbons (Fsp3) is 0.207. The SMILES string of the molecule is O=C1c2ccccc2C(=O)C1(c1ccccc1)N1CCN(Cc2cccc3cccnc23)CC1. The smallest absolute Gasteiger partial charge is 0.196 e. The summed E-state index contributed by atoms with van der Waals surface area (Å²) in [5.41, 5.74) is 2.77. The van der Waals surface area contributed by atoms with Crippen molar-refractivity contribution >= 4 is 22.5 Å². The molecule has 4 aromatic rings. The summed E-state index contributed by atoms with van der Waals surface area (Å²) in [6.07, 6.45) is 1.84. The number of ketones is 2. The highest BCUT2D eigenvalue weighted by atomic mass is 16.2. The number of nitrogens with zero attached hydrogens (tertiary/aromatic N) is 3. The lowest BCUT2D eigenvalue weighted by Gasteiger charge is -2.44. The molecular formula is C29H25N3O2. The molecule has 0 unspecified atom stereocenters. The van der Waals surface area contributed by atoms with Crippen LogP contribution in [0.15, 0.2) is 91.1 Å². The maximum absolute atomic E-state index is 13.9. The minimum atomic E-state index is -1.28. The van der Waals surface area contributed by atoms with Crippen molar-refractivity contribution in [3.63, 3.8) is 0 Å².